The van der Waals surface area contributed by atoms with Gasteiger partial charge >= 0.3 is 0 Å². The minimum absolute atomic E-state index is 0.152. The average Bonchev–Trinajstić information content (AvgIpc) is 2.62. The summed E-state index contributed by atoms with van der Waals surface area (Å²) in [6.07, 6.45) is 0. The largest absolute Gasteiger partial charge is 0.406 e. The first kappa shape index (κ1) is 12.0. The Bertz CT molecular complexity index is 497. The summed E-state index contributed by atoms with van der Waals surface area (Å²) in [7, 11) is 0. The summed E-state index contributed by atoms with van der Waals surface area (Å²) in [4.78, 5) is 9.57. The molecule has 0 saturated carbocycles. The average molecular weight is 253 g/mol. The van der Waals surface area contributed by atoms with Crippen molar-refractivity contribution >= 4 is 11.6 Å². The second-order valence-electron chi connectivity index (χ2n) is 3.62. The number of nitrogens with zero attached hydrogens (tertiary/aromatic N) is 2. The molecule has 0 spiro atoms. The summed E-state index contributed by atoms with van der Waals surface area (Å²) in [6, 6.07) is 9.72. The van der Waals surface area contributed by atoms with E-state index in [4.69, 9.17) is 16.4 Å². The molecule has 0 unspecified atom stereocenters. The van der Waals surface area contributed by atoms with Crippen LogP contribution in [0.2, 0.25) is 5.28 Å². The van der Waals surface area contributed by atoms with E-state index < -0.39 is 0 Å². The summed E-state index contributed by atoms with van der Waals surface area (Å²) in [5.41, 5.74) is 2.27. The van der Waals surface area contributed by atoms with Gasteiger partial charge in [0.05, 0.1) is 12.3 Å². The molecule has 0 aliphatic heterocycles. The Morgan fingerprint density at radius 3 is 2.71 bits per heavy atom. The topological polar surface area (TPSA) is 47.3 Å². The second-order valence-corrected chi connectivity index (χ2v) is 3.96. The quantitative estimate of drug-likeness (QED) is 0.905. The lowest BCUT2D eigenvalue weighted by molar-refractivity contribution is 0.0816. The third-order valence-corrected chi connectivity index (χ3v) is 2.68. The monoisotopic (exact) mass is 252 g/mol. The van der Waals surface area contributed by atoms with E-state index in [9.17, 15) is 5.11 Å². The number of aromatic nitrogens is 2. The Labute approximate surface area is 104 Å². The van der Waals surface area contributed by atoms with Crippen LogP contribution in [0.1, 0.15) is 17.0 Å². The number of benzene rings is 1. The molecule has 1 aromatic carbocycles. The lowest BCUT2D eigenvalue weighted by Gasteiger charge is -2.10. The molecule has 2 rings (SSSR count). The van der Waals surface area contributed by atoms with E-state index in [2.05, 4.69) is 4.98 Å². The molecule has 0 aliphatic carbocycles. The number of aryl methyl sites for hydroxylation is 1. The molecule has 1 aromatic heterocycles. The molecule has 0 saturated heterocycles. The maximum absolute atomic E-state index is 9.21. The smallest absolute Gasteiger partial charge is 0.237 e. The van der Waals surface area contributed by atoms with Crippen LogP contribution in [-0.2, 0) is 13.2 Å². The van der Waals surface area contributed by atoms with Crippen molar-refractivity contribution in [2.24, 2.45) is 0 Å². The molecular formula is C12H13ClN2O2. The van der Waals surface area contributed by atoms with Crippen LogP contribution in [0.15, 0.2) is 30.3 Å². The molecular weight excluding hydrogens is 240 g/mol. The Kier molecular flexibility index (Phi) is 3.66. The van der Waals surface area contributed by atoms with Gasteiger partial charge in [0.25, 0.3) is 0 Å². The zero-order valence-corrected chi connectivity index (χ0v) is 10.2. The van der Waals surface area contributed by atoms with Crippen LogP contribution < -0.4 is 4.84 Å². The van der Waals surface area contributed by atoms with Crippen LogP contribution in [0.4, 0.5) is 0 Å². The van der Waals surface area contributed by atoms with Gasteiger partial charge in [-0.3, -0.25) is 0 Å². The zero-order chi connectivity index (χ0) is 12.3. The Morgan fingerprint density at radius 2 is 2.06 bits per heavy atom. The van der Waals surface area contributed by atoms with E-state index in [1.54, 1.807) is 6.92 Å². The van der Waals surface area contributed by atoms with Gasteiger partial charge in [-0.1, -0.05) is 30.3 Å². The number of rotatable bonds is 4. The molecule has 0 radical (unpaired) electrons. The minimum Gasteiger partial charge on any atom is -0.406 e. The van der Waals surface area contributed by atoms with E-state index in [0.717, 1.165) is 5.56 Å². The predicted octanol–water partition coefficient (Wildman–Crippen LogP) is 1.97. The van der Waals surface area contributed by atoms with Crippen molar-refractivity contribution in [1.29, 1.82) is 0 Å². The zero-order valence-electron chi connectivity index (χ0n) is 9.43. The van der Waals surface area contributed by atoms with E-state index in [1.165, 1.54) is 4.73 Å². The van der Waals surface area contributed by atoms with Crippen molar-refractivity contribution in [3.05, 3.63) is 52.6 Å². The minimum atomic E-state index is -0.152. The van der Waals surface area contributed by atoms with Crippen molar-refractivity contribution in [1.82, 2.24) is 9.71 Å². The van der Waals surface area contributed by atoms with Gasteiger partial charge in [0.2, 0.25) is 5.28 Å². The fourth-order valence-electron chi connectivity index (χ4n) is 1.53. The van der Waals surface area contributed by atoms with E-state index in [0.29, 0.717) is 18.0 Å². The molecule has 5 heteroatoms. The van der Waals surface area contributed by atoms with Crippen LogP contribution in [0.3, 0.4) is 0 Å². The van der Waals surface area contributed by atoms with Gasteiger partial charge in [-0.2, -0.15) is 4.73 Å². The number of aliphatic hydroxyl groups excluding tert-OH is 1. The maximum atomic E-state index is 9.21. The molecule has 0 bridgehead atoms. The van der Waals surface area contributed by atoms with Gasteiger partial charge in [0, 0.05) is 0 Å². The van der Waals surface area contributed by atoms with Crippen LogP contribution in [0.5, 0.6) is 0 Å². The fraction of sp³-hybridized carbons (Fsp3) is 0.250. The third-order valence-electron chi connectivity index (χ3n) is 2.44. The van der Waals surface area contributed by atoms with Crippen molar-refractivity contribution < 1.29 is 9.94 Å². The summed E-state index contributed by atoms with van der Waals surface area (Å²) in [5.74, 6) is 0. The highest BCUT2D eigenvalue weighted by atomic mass is 35.5. The third kappa shape index (κ3) is 2.60. The number of hydrogen-bond acceptors (Lipinski definition) is 3. The normalized spacial score (nSPS) is 10.5. The van der Waals surface area contributed by atoms with Crippen molar-refractivity contribution in [2.75, 3.05) is 0 Å². The molecule has 90 valence electrons. The highest BCUT2D eigenvalue weighted by Crippen LogP contribution is 2.14. The molecule has 0 atom stereocenters. The summed E-state index contributed by atoms with van der Waals surface area (Å²) in [6.45, 7) is 2.00. The number of halogens is 1. The molecule has 17 heavy (non-hydrogen) atoms. The predicted molar refractivity (Wildman–Crippen MR) is 64.6 cm³/mol. The highest BCUT2D eigenvalue weighted by Gasteiger charge is 2.13. The Morgan fingerprint density at radius 1 is 1.35 bits per heavy atom. The van der Waals surface area contributed by atoms with Crippen molar-refractivity contribution in [3.63, 3.8) is 0 Å². The first-order valence-electron chi connectivity index (χ1n) is 5.24. The SMILES string of the molecule is Cc1nc(Cl)n(OCc2ccccc2)c1CO. The van der Waals surface area contributed by atoms with Crippen molar-refractivity contribution in [3.8, 4) is 0 Å². The summed E-state index contributed by atoms with van der Waals surface area (Å²) < 4.78 is 1.36. The van der Waals surface area contributed by atoms with Gasteiger partial charge < -0.3 is 9.94 Å². The van der Waals surface area contributed by atoms with Crippen LogP contribution >= 0.6 is 11.6 Å². The van der Waals surface area contributed by atoms with Gasteiger partial charge in [0.15, 0.2) is 0 Å². The second kappa shape index (κ2) is 5.21. The van der Waals surface area contributed by atoms with Gasteiger partial charge in [-0.15, -0.1) is 0 Å². The van der Waals surface area contributed by atoms with E-state index >= 15 is 0 Å². The number of hydrogen-bond donors (Lipinski definition) is 1. The first-order chi connectivity index (χ1) is 8.22. The molecule has 1 heterocycles. The summed E-state index contributed by atoms with van der Waals surface area (Å²) >= 11 is 5.91. The highest BCUT2D eigenvalue weighted by molar-refractivity contribution is 6.28. The molecule has 2 aromatic rings. The van der Waals surface area contributed by atoms with Gasteiger partial charge in [-0.25, -0.2) is 4.98 Å². The molecule has 0 aliphatic rings. The van der Waals surface area contributed by atoms with Crippen LogP contribution in [0, 0.1) is 6.92 Å². The van der Waals surface area contributed by atoms with E-state index in [1.807, 2.05) is 30.3 Å². The molecule has 0 amide bonds. The lowest BCUT2D eigenvalue weighted by Crippen LogP contribution is -2.14. The van der Waals surface area contributed by atoms with E-state index in [-0.39, 0.29) is 11.9 Å². The van der Waals surface area contributed by atoms with Crippen molar-refractivity contribution in [2.45, 2.75) is 20.1 Å². The first-order valence-corrected chi connectivity index (χ1v) is 5.62. The number of imidazole rings is 1. The standard InChI is InChI=1S/C12H13ClN2O2/c1-9-11(7-16)15(12(13)14-9)17-8-10-5-3-2-4-6-10/h2-6,16H,7-8H2,1H3. The Balaban J connectivity index is 2.14. The van der Waals surface area contributed by atoms with Crippen LogP contribution in [-0.4, -0.2) is 14.8 Å². The maximum Gasteiger partial charge on any atom is 0.237 e. The van der Waals surface area contributed by atoms with Crippen LogP contribution in [0.25, 0.3) is 0 Å². The fourth-order valence-corrected chi connectivity index (χ4v) is 1.81. The summed E-state index contributed by atoms with van der Waals surface area (Å²) in [5, 5.41) is 9.43. The van der Waals surface area contributed by atoms with Gasteiger partial charge in [0.1, 0.15) is 12.3 Å². The molecule has 4 nitrogen and oxygen atoms in total. The Hall–Kier alpha value is -1.52. The lowest BCUT2D eigenvalue weighted by atomic mass is 10.2. The molecule has 1 N–H and O–H groups in total. The number of aliphatic hydroxyl groups is 1. The molecule has 0 fully saturated rings. The van der Waals surface area contributed by atoms with Gasteiger partial charge in [-0.05, 0) is 24.1 Å².